The molecule has 6 nitrogen and oxygen atoms in total. The first-order valence-electron chi connectivity index (χ1n) is 4.16. The molecule has 1 atom stereocenters. The minimum absolute atomic E-state index is 0. The van der Waals surface area contributed by atoms with Crippen molar-refractivity contribution in [2.45, 2.75) is 6.92 Å². The molecule has 7 heteroatoms. The van der Waals surface area contributed by atoms with Gasteiger partial charge in [0.1, 0.15) is 6.20 Å². The van der Waals surface area contributed by atoms with Crippen LogP contribution in [0.3, 0.4) is 0 Å². The second-order valence-electron chi connectivity index (χ2n) is 3.16. The maximum atomic E-state index is 11.4. The van der Waals surface area contributed by atoms with Gasteiger partial charge in [0, 0.05) is 0 Å². The van der Waals surface area contributed by atoms with E-state index in [1.54, 1.807) is 0 Å². The zero-order valence-electron chi connectivity index (χ0n) is 8.28. The third-order valence-corrected chi connectivity index (χ3v) is 1.96. The molecule has 0 bridgehead atoms. The fraction of sp³-hybridized carbons (Fsp3) is 0.250. The van der Waals surface area contributed by atoms with Crippen molar-refractivity contribution in [1.82, 2.24) is 0 Å². The van der Waals surface area contributed by atoms with Crippen LogP contribution >= 0.6 is 0 Å². The van der Waals surface area contributed by atoms with Crippen LogP contribution in [0, 0.1) is 0 Å². The smallest absolute Gasteiger partial charge is 0.306 e. The van der Waals surface area contributed by atoms with Crippen LogP contribution in [0.5, 0.6) is 0 Å². The summed E-state index contributed by atoms with van der Waals surface area (Å²) in [6, 6.07) is 0. The molecule has 0 fully saturated rings. The number of amidine groups is 1. The number of carbonyl (C=O) groups excluding carboxylic acids is 1. The normalized spacial score (nSPS) is 24.1. The van der Waals surface area contributed by atoms with Gasteiger partial charge in [0.25, 0.3) is 5.84 Å². The molecule has 0 saturated carbocycles. The van der Waals surface area contributed by atoms with Gasteiger partial charge in [-0.1, -0.05) is 0 Å². The van der Waals surface area contributed by atoms with E-state index >= 15 is 0 Å². The maximum absolute atomic E-state index is 11.4. The number of nitrogens with one attached hydrogen (secondary N) is 1. The Morgan fingerprint density at radius 2 is 2.00 bits per heavy atom. The summed E-state index contributed by atoms with van der Waals surface area (Å²) in [4.78, 5) is 23.9. The average molecular weight is 319 g/mol. The van der Waals surface area contributed by atoms with Crippen LogP contribution in [-0.2, 0) is 4.79 Å². The molecule has 80 valence electrons. The number of carbonyl (C=O) groups is 1. The summed E-state index contributed by atoms with van der Waals surface area (Å²) < 4.78 is 0. The molecule has 0 aliphatic carbocycles. The molecule has 2 rings (SSSR count). The second-order valence-corrected chi connectivity index (χ2v) is 3.16. The van der Waals surface area contributed by atoms with E-state index in [0.717, 1.165) is 10.6 Å². The van der Waals surface area contributed by atoms with Gasteiger partial charge in [0.05, 0.1) is 12.7 Å². The van der Waals surface area contributed by atoms with Gasteiger partial charge in [-0.15, -0.1) is 0 Å². The highest BCUT2D eigenvalue weighted by molar-refractivity contribution is 6.67. The molecule has 2 aliphatic heterocycles. The fourth-order valence-corrected chi connectivity index (χ4v) is 1.42. The van der Waals surface area contributed by atoms with E-state index < -0.39 is 5.91 Å². The largest absolute Gasteiger partial charge is 1.00 e. The first-order valence-corrected chi connectivity index (χ1v) is 4.16. The van der Waals surface area contributed by atoms with Crippen molar-refractivity contribution in [2.24, 2.45) is 20.7 Å². The maximum Gasteiger partial charge on any atom is 0.306 e. The highest BCUT2D eigenvalue weighted by atomic mass is 127. The molecule has 0 spiro atoms. The number of amides is 1. The number of allylic oxidation sites excluding steroid dienone is 1. The summed E-state index contributed by atoms with van der Waals surface area (Å²) in [5.74, 6) is 0.114. The van der Waals surface area contributed by atoms with Gasteiger partial charge in [0.15, 0.2) is 0 Å². The lowest BCUT2D eigenvalue weighted by Crippen LogP contribution is -3.09. The van der Waals surface area contributed by atoms with Crippen LogP contribution in [-0.4, -0.2) is 30.5 Å². The minimum atomic E-state index is -0.417. The van der Waals surface area contributed by atoms with Gasteiger partial charge in [-0.3, -0.25) is 9.69 Å². The van der Waals surface area contributed by atoms with E-state index in [-0.39, 0.29) is 35.6 Å². The van der Waals surface area contributed by atoms with E-state index in [2.05, 4.69) is 15.0 Å². The van der Waals surface area contributed by atoms with E-state index in [9.17, 15) is 4.79 Å². The number of fused-ring (bicyclic) bond motifs is 1. The number of hydrogen-bond acceptors (Lipinski definition) is 4. The van der Waals surface area contributed by atoms with E-state index in [0.29, 0.717) is 5.84 Å². The van der Waals surface area contributed by atoms with Crippen LogP contribution in [0.4, 0.5) is 0 Å². The molecule has 0 aromatic carbocycles. The number of nitrogens with two attached hydrogens (primary N) is 1. The van der Waals surface area contributed by atoms with Crippen molar-refractivity contribution >= 4 is 23.4 Å². The first-order chi connectivity index (χ1) is 6.58. The molecule has 1 unspecified atom stereocenters. The third-order valence-electron chi connectivity index (χ3n) is 1.96. The molecular weight excluding hydrogens is 309 g/mol. The first kappa shape index (κ1) is 12.0. The molecule has 2 aliphatic rings. The molecule has 15 heavy (non-hydrogen) atoms. The summed E-state index contributed by atoms with van der Waals surface area (Å²) in [6.45, 7) is 1.82. The summed E-state index contributed by atoms with van der Waals surface area (Å²) in [5.41, 5.74) is 6.45. The number of aliphatic imine (C=N–C) groups is 3. The van der Waals surface area contributed by atoms with Crippen LogP contribution in [0.1, 0.15) is 6.92 Å². The Labute approximate surface area is 104 Å². The Hall–Kier alpha value is -1.09. The SMILES string of the molecule is CC1=C[NH+](C)C2=NC(N)=NC(=O)C2=N1.[I-]. The lowest BCUT2D eigenvalue weighted by atomic mass is 10.2. The standard InChI is InChI=1S/C8H9N5O.HI/c1-4-3-13(2)6-5(10-4)7(14)12-8(9)11-6;/h3H,1-2H3,(H2,9,12,14);1H. The van der Waals surface area contributed by atoms with Crippen LogP contribution in [0.15, 0.2) is 26.9 Å². The van der Waals surface area contributed by atoms with Gasteiger partial charge in [-0.25, -0.2) is 4.99 Å². The van der Waals surface area contributed by atoms with Gasteiger partial charge in [0.2, 0.25) is 11.7 Å². The Balaban J connectivity index is 0.00000112. The topological polar surface area (TPSA) is 84.6 Å². The van der Waals surface area contributed by atoms with E-state index in [1.165, 1.54) is 0 Å². The second kappa shape index (κ2) is 4.19. The molecule has 0 aromatic heterocycles. The molecular formula is C8H10IN5O. The van der Waals surface area contributed by atoms with Crippen LogP contribution in [0.2, 0.25) is 0 Å². The van der Waals surface area contributed by atoms with Gasteiger partial charge >= 0.3 is 5.91 Å². The van der Waals surface area contributed by atoms with Crippen molar-refractivity contribution < 1.29 is 33.7 Å². The number of rotatable bonds is 0. The number of quaternary nitrogens is 1. The summed E-state index contributed by atoms with van der Waals surface area (Å²) in [7, 11) is 1.86. The monoisotopic (exact) mass is 319 g/mol. The average Bonchev–Trinajstić information content (AvgIpc) is 2.07. The predicted molar refractivity (Wildman–Crippen MR) is 52.1 cm³/mol. The van der Waals surface area contributed by atoms with Gasteiger partial charge in [-0.2, -0.15) is 9.98 Å². The summed E-state index contributed by atoms with van der Waals surface area (Å²) >= 11 is 0. The van der Waals surface area contributed by atoms with Crippen molar-refractivity contribution in [2.75, 3.05) is 7.05 Å². The Bertz CT molecular complexity index is 434. The third kappa shape index (κ3) is 2.12. The van der Waals surface area contributed by atoms with Crippen molar-refractivity contribution in [3.8, 4) is 0 Å². The van der Waals surface area contributed by atoms with Gasteiger partial charge < -0.3 is 29.7 Å². The Morgan fingerprint density at radius 1 is 1.33 bits per heavy atom. The molecule has 0 radical (unpaired) electrons. The molecule has 0 saturated heterocycles. The Morgan fingerprint density at radius 3 is 2.67 bits per heavy atom. The zero-order chi connectivity index (χ0) is 10.3. The highest BCUT2D eigenvalue weighted by Crippen LogP contribution is 2.02. The van der Waals surface area contributed by atoms with Crippen molar-refractivity contribution in [3.05, 3.63) is 11.9 Å². The number of nitrogens with zero attached hydrogens (tertiary/aromatic N) is 3. The lowest BCUT2D eigenvalue weighted by molar-refractivity contribution is -0.719. The molecule has 3 N–H and O–H groups in total. The molecule has 1 amide bonds. The van der Waals surface area contributed by atoms with Gasteiger partial charge in [-0.05, 0) is 6.92 Å². The lowest BCUT2D eigenvalue weighted by Gasteiger charge is -2.17. The Kier molecular flexibility index (Phi) is 3.35. The van der Waals surface area contributed by atoms with Crippen LogP contribution in [0.25, 0.3) is 0 Å². The summed E-state index contributed by atoms with van der Waals surface area (Å²) in [6.07, 6.45) is 1.86. The number of halogens is 1. The fourth-order valence-electron chi connectivity index (χ4n) is 1.42. The van der Waals surface area contributed by atoms with E-state index in [4.69, 9.17) is 5.73 Å². The minimum Gasteiger partial charge on any atom is -1.00 e. The van der Waals surface area contributed by atoms with Crippen molar-refractivity contribution in [1.29, 1.82) is 0 Å². The summed E-state index contributed by atoms with van der Waals surface area (Å²) in [5, 5.41) is 0. The quantitative estimate of drug-likeness (QED) is 0.439. The van der Waals surface area contributed by atoms with Crippen molar-refractivity contribution in [3.63, 3.8) is 0 Å². The predicted octanol–water partition coefficient (Wildman–Crippen LogP) is -4.93. The zero-order valence-corrected chi connectivity index (χ0v) is 10.4. The number of hydrogen-bond donors (Lipinski definition) is 2. The number of guanidine groups is 1. The molecule has 0 aromatic rings. The van der Waals surface area contributed by atoms with Crippen LogP contribution < -0.4 is 34.6 Å². The molecule has 2 heterocycles. The van der Waals surface area contributed by atoms with E-state index in [1.807, 2.05) is 20.2 Å². The highest BCUT2D eigenvalue weighted by Gasteiger charge is 2.32.